The van der Waals surface area contributed by atoms with Crippen LogP contribution >= 0.6 is 0 Å². The van der Waals surface area contributed by atoms with Crippen LogP contribution in [0.15, 0.2) is 24.3 Å². The Labute approximate surface area is 145 Å². The van der Waals surface area contributed by atoms with Crippen molar-refractivity contribution < 1.29 is 34.0 Å². The van der Waals surface area contributed by atoms with E-state index in [2.05, 4.69) is 11.9 Å². The first-order valence-electron chi connectivity index (χ1n) is 7.88. The van der Waals surface area contributed by atoms with Crippen molar-refractivity contribution in [3.05, 3.63) is 35.6 Å². The van der Waals surface area contributed by atoms with Crippen molar-refractivity contribution in [2.75, 3.05) is 20.1 Å². The molecule has 1 unspecified atom stereocenters. The molecular weight excluding hydrogens is 333 g/mol. The van der Waals surface area contributed by atoms with Gasteiger partial charge >= 0.3 is 11.9 Å². The molecule has 0 radical (unpaired) electrons. The minimum Gasteiger partial charge on any atom is -0.473 e. The number of hydrogen-bond acceptors (Lipinski definition) is 5. The molecule has 1 aliphatic rings. The zero-order valence-corrected chi connectivity index (χ0v) is 14.3. The first-order chi connectivity index (χ1) is 11.7. The lowest BCUT2D eigenvalue weighted by Crippen LogP contribution is -2.51. The maximum Gasteiger partial charge on any atom is 0.414 e. The van der Waals surface area contributed by atoms with Crippen molar-refractivity contribution in [1.82, 2.24) is 4.90 Å². The van der Waals surface area contributed by atoms with Gasteiger partial charge in [-0.3, -0.25) is 0 Å². The molecule has 1 fully saturated rings. The van der Waals surface area contributed by atoms with E-state index >= 15 is 0 Å². The van der Waals surface area contributed by atoms with Gasteiger partial charge in [0.25, 0.3) is 0 Å². The second-order valence-electron chi connectivity index (χ2n) is 6.03. The van der Waals surface area contributed by atoms with Gasteiger partial charge in [0.05, 0.1) is 18.3 Å². The lowest BCUT2D eigenvalue weighted by molar-refractivity contribution is -0.159. The van der Waals surface area contributed by atoms with E-state index in [1.54, 1.807) is 25.1 Å². The van der Waals surface area contributed by atoms with E-state index in [0.29, 0.717) is 5.56 Å². The molecule has 0 bridgehead atoms. The van der Waals surface area contributed by atoms with Crippen LogP contribution in [0.4, 0.5) is 4.39 Å². The lowest BCUT2D eigenvalue weighted by atomic mass is 9.86. The summed E-state index contributed by atoms with van der Waals surface area (Å²) in [4.78, 5) is 20.4. The van der Waals surface area contributed by atoms with Gasteiger partial charge < -0.3 is 25.0 Å². The molecule has 2 rings (SSSR count). The molecule has 140 valence electrons. The first-order valence-corrected chi connectivity index (χ1v) is 7.88. The van der Waals surface area contributed by atoms with Crippen LogP contribution in [-0.2, 0) is 20.9 Å². The molecule has 1 aliphatic heterocycles. The number of hydrogen-bond donors (Lipinski definition) is 3. The number of aliphatic hydroxyl groups is 1. The van der Waals surface area contributed by atoms with Gasteiger partial charge in [0.15, 0.2) is 0 Å². The predicted molar refractivity (Wildman–Crippen MR) is 87.6 cm³/mol. The monoisotopic (exact) mass is 357 g/mol. The number of benzene rings is 1. The molecule has 1 aromatic rings. The molecular formula is C17H24FNO6. The second kappa shape index (κ2) is 9.45. The normalized spacial score (nSPS) is 17.9. The Balaban J connectivity index is 0.000000450. The Morgan fingerprint density at radius 3 is 2.20 bits per heavy atom. The number of aliphatic hydroxyl groups excluding tert-OH is 1. The topological polar surface area (TPSA) is 107 Å². The molecule has 0 aliphatic carbocycles. The molecule has 7 nitrogen and oxygen atoms in total. The molecule has 1 atom stereocenters. The maximum absolute atomic E-state index is 13.6. The number of carboxylic acids is 2. The van der Waals surface area contributed by atoms with E-state index < -0.39 is 23.6 Å². The summed E-state index contributed by atoms with van der Waals surface area (Å²) >= 11 is 0. The summed E-state index contributed by atoms with van der Waals surface area (Å²) < 4.78 is 19.5. The number of piperidine rings is 1. The highest BCUT2D eigenvalue weighted by atomic mass is 19.1. The molecule has 8 heteroatoms. The molecule has 1 heterocycles. The van der Waals surface area contributed by atoms with E-state index in [-0.39, 0.29) is 12.4 Å². The number of likely N-dealkylation sites (tertiary alicyclic amines) is 1. The minimum absolute atomic E-state index is 0.210. The van der Waals surface area contributed by atoms with Crippen molar-refractivity contribution in [1.29, 1.82) is 0 Å². The largest absolute Gasteiger partial charge is 0.473 e. The number of aliphatic carboxylic acids is 2. The van der Waals surface area contributed by atoms with Gasteiger partial charge in [0.2, 0.25) is 0 Å². The summed E-state index contributed by atoms with van der Waals surface area (Å²) in [7, 11) is 2.06. The van der Waals surface area contributed by atoms with E-state index in [1.165, 1.54) is 6.07 Å². The summed E-state index contributed by atoms with van der Waals surface area (Å²) in [5.74, 6) is -3.90. The lowest BCUT2D eigenvalue weighted by Gasteiger charge is -2.42. The number of rotatable bonds is 4. The zero-order chi connectivity index (χ0) is 19.0. The fraction of sp³-hybridized carbons (Fsp3) is 0.529. The number of carbonyl (C=O) groups is 2. The van der Waals surface area contributed by atoms with Crippen molar-refractivity contribution in [2.45, 2.75) is 38.1 Å². The molecule has 0 amide bonds. The number of halogens is 1. The fourth-order valence-electron chi connectivity index (χ4n) is 2.52. The predicted octanol–water partition coefficient (Wildman–Crippen LogP) is 1.34. The molecule has 1 saturated heterocycles. The SMILES string of the molecule is CC(O)C1(OCc2ccccc2F)CCN(C)CC1.O=C(O)C(=O)O. The third kappa shape index (κ3) is 6.41. The molecule has 0 saturated carbocycles. The Bertz CT molecular complexity index is 572. The second-order valence-corrected chi connectivity index (χ2v) is 6.03. The van der Waals surface area contributed by atoms with Crippen molar-refractivity contribution >= 4 is 11.9 Å². The zero-order valence-electron chi connectivity index (χ0n) is 14.3. The first kappa shape index (κ1) is 21.0. The van der Waals surface area contributed by atoms with Gasteiger partial charge in [-0.2, -0.15) is 0 Å². The van der Waals surface area contributed by atoms with Gasteiger partial charge in [0, 0.05) is 18.7 Å². The van der Waals surface area contributed by atoms with Gasteiger partial charge in [-0.15, -0.1) is 0 Å². The van der Waals surface area contributed by atoms with Crippen LogP contribution in [0.1, 0.15) is 25.3 Å². The van der Waals surface area contributed by atoms with E-state index in [4.69, 9.17) is 24.5 Å². The van der Waals surface area contributed by atoms with Crippen LogP contribution < -0.4 is 0 Å². The van der Waals surface area contributed by atoms with Crippen LogP contribution in [0, 0.1) is 5.82 Å². The van der Waals surface area contributed by atoms with Crippen LogP contribution in [-0.4, -0.2) is 64.0 Å². The van der Waals surface area contributed by atoms with Crippen molar-refractivity contribution in [3.63, 3.8) is 0 Å². The summed E-state index contributed by atoms with van der Waals surface area (Å²) in [6, 6.07) is 6.62. The van der Waals surface area contributed by atoms with Crippen LogP contribution in [0.5, 0.6) is 0 Å². The average Bonchev–Trinajstić information content (AvgIpc) is 2.56. The third-order valence-corrected chi connectivity index (χ3v) is 4.25. The number of carboxylic acid groups (broad SMARTS) is 2. The van der Waals surface area contributed by atoms with Crippen LogP contribution in [0.2, 0.25) is 0 Å². The summed E-state index contributed by atoms with van der Waals surface area (Å²) in [5.41, 5.74) is -0.00382. The molecule has 3 N–H and O–H groups in total. The van der Waals surface area contributed by atoms with E-state index in [9.17, 15) is 9.50 Å². The summed E-state index contributed by atoms with van der Waals surface area (Å²) in [6.07, 6.45) is 0.999. The number of nitrogens with zero attached hydrogens (tertiary/aromatic N) is 1. The highest BCUT2D eigenvalue weighted by molar-refractivity contribution is 6.27. The standard InChI is InChI=1S/C15H22FNO2.C2H2O4/c1-12(18)15(7-9-17(2)10-8-15)19-11-13-5-3-4-6-14(13)16;3-1(4)2(5)6/h3-6,12,18H,7-11H2,1-2H3;(H,3,4)(H,5,6). The molecule has 25 heavy (non-hydrogen) atoms. The van der Waals surface area contributed by atoms with Gasteiger partial charge in [-0.1, -0.05) is 18.2 Å². The van der Waals surface area contributed by atoms with Crippen LogP contribution in [0.25, 0.3) is 0 Å². The Kier molecular flexibility index (Phi) is 7.95. The van der Waals surface area contributed by atoms with E-state index in [1.807, 2.05) is 0 Å². The third-order valence-electron chi connectivity index (χ3n) is 4.25. The number of ether oxygens (including phenoxy) is 1. The van der Waals surface area contributed by atoms with Crippen molar-refractivity contribution in [2.24, 2.45) is 0 Å². The molecule has 0 spiro atoms. The fourth-order valence-corrected chi connectivity index (χ4v) is 2.52. The van der Waals surface area contributed by atoms with E-state index in [0.717, 1.165) is 25.9 Å². The Hall–Kier alpha value is -2.03. The van der Waals surface area contributed by atoms with Gasteiger partial charge in [-0.25, -0.2) is 14.0 Å². The highest BCUT2D eigenvalue weighted by Gasteiger charge is 2.39. The Morgan fingerprint density at radius 2 is 1.76 bits per heavy atom. The van der Waals surface area contributed by atoms with Crippen molar-refractivity contribution in [3.8, 4) is 0 Å². The summed E-state index contributed by atoms with van der Waals surface area (Å²) in [5, 5.41) is 24.8. The quantitative estimate of drug-likeness (QED) is 0.698. The van der Waals surface area contributed by atoms with Crippen LogP contribution in [0.3, 0.4) is 0 Å². The van der Waals surface area contributed by atoms with Gasteiger partial charge in [0.1, 0.15) is 5.82 Å². The molecule has 1 aromatic carbocycles. The van der Waals surface area contributed by atoms with Gasteiger partial charge in [-0.05, 0) is 32.9 Å². The smallest absolute Gasteiger partial charge is 0.414 e. The minimum atomic E-state index is -1.82. The highest BCUT2D eigenvalue weighted by Crippen LogP contribution is 2.30. The maximum atomic E-state index is 13.6. The average molecular weight is 357 g/mol. The Morgan fingerprint density at radius 1 is 1.24 bits per heavy atom. The summed E-state index contributed by atoms with van der Waals surface area (Å²) in [6.45, 7) is 3.75. The molecule has 0 aromatic heterocycles.